The van der Waals surface area contributed by atoms with Gasteiger partial charge in [-0.2, -0.15) is 0 Å². The van der Waals surface area contributed by atoms with Crippen molar-refractivity contribution in [3.8, 4) is 0 Å². The second kappa shape index (κ2) is 6.51. The van der Waals surface area contributed by atoms with Crippen molar-refractivity contribution in [2.24, 2.45) is 5.92 Å². The molecule has 0 aliphatic rings. The highest BCUT2D eigenvalue weighted by Gasteiger charge is 2.09. The molecule has 0 radical (unpaired) electrons. The highest BCUT2D eigenvalue weighted by molar-refractivity contribution is 7.16. The van der Waals surface area contributed by atoms with Gasteiger partial charge in [0.05, 0.1) is 4.34 Å². The number of thiophene rings is 1. The van der Waals surface area contributed by atoms with Gasteiger partial charge in [-0.1, -0.05) is 38.8 Å². The minimum atomic E-state index is 0.575. The molecule has 0 fully saturated rings. The van der Waals surface area contributed by atoms with E-state index in [4.69, 9.17) is 11.6 Å². The van der Waals surface area contributed by atoms with Crippen molar-refractivity contribution < 1.29 is 0 Å². The highest BCUT2D eigenvalue weighted by atomic mass is 35.5. The van der Waals surface area contributed by atoms with Gasteiger partial charge in [0.1, 0.15) is 0 Å². The Bertz CT molecular complexity index is 283. The van der Waals surface area contributed by atoms with Crippen molar-refractivity contribution in [1.29, 1.82) is 0 Å². The Morgan fingerprint density at radius 2 is 2.13 bits per heavy atom. The third-order valence-corrected chi connectivity index (χ3v) is 3.76. The smallest absolute Gasteiger partial charge is 0.0931 e. The first-order valence-electron chi connectivity index (χ1n) is 5.59. The Balaban J connectivity index is 2.39. The Kier molecular flexibility index (Phi) is 5.65. The summed E-state index contributed by atoms with van der Waals surface area (Å²) in [6, 6.07) is 4.71. The molecule has 0 bridgehead atoms. The molecule has 15 heavy (non-hydrogen) atoms. The monoisotopic (exact) mass is 245 g/mol. The second-order valence-electron chi connectivity index (χ2n) is 4.25. The van der Waals surface area contributed by atoms with Gasteiger partial charge in [-0.3, -0.25) is 0 Å². The Morgan fingerprint density at radius 3 is 2.60 bits per heavy atom. The third-order valence-electron chi connectivity index (χ3n) is 2.51. The quantitative estimate of drug-likeness (QED) is 0.800. The summed E-state index contributed by atoms with van der Waals surface area (Å²) >= 11 is 7.62. The van der Waals surface area contributed by atoms with E-state index < -0.39 is 0 Å². The van der Waals surface area contributed by atoms with Gasteiger partial charge in [-0.15, -0.1) is 11.3 Å². The molecule has 3 heteroatoms. The van der Waals surface area contributed by atoms with Gasteiger partial charge in [0, 0.05) is 10.9 Å². The normalized spacial score (nSPS) is 13.4. The van der Waals surface area contributed by atoms with Gasteiger partial charge in [0.25, 0.3) is 0 Å². The van der Waals surface area contributed by atoms with E-state index >= 15 is 0 Å². The van der Waals surface area contributed by atoms with Gasteiger partial charge in [-0.25, -0.2) is 0 Å². The molecule has 0 aromatic carbocycles. The van der Waals surface area contributed by atoms with E-state index in [1.807, 2.05) is 6.07 Å². The van der Waals surface area contributed by atoms with Crippen LogP contribution < -0.4 is 5.32 Å². The number of halogens is 1. The fraction of sp³-hybridized carbons (Fsp3) is 0.667. The predicted octanol–water partition coefficient (Wildman–Crippen LogP) is 3.97. The van der Waals surface area contributed by atoms with E-state index in [9.17, 15) is 0 Å². The molecule has 1 unspecified atom stereocenters. The van der Waals surface area contributed by atoms with Crippen molar-refractivity contribution in [3.63, 3.8) is 0 Å². The van der Waals surface area contributed by atoms with Crippen LogP contribution in [-0.2, 0) is 6.42 Å². The largest absolute Gasteiger partial charge is 0.314 e. The maximum absolute atomic E-state index is 5.92. The first-order chi connectivity index (χ1) is 7.11. The Hall–Kier alpha value is -0.0500. The van der Waals surface area contributed by atoms with Gasteiger partial charge in [0.15, 0.2) is 0 Å². The van der Waals surface area contributed by atoms with E-state index in [2.05, 4.69) is 32.2 Å². The molecule has 1 N–H and O–H groups in total. The molecule has 1 heterocycles. The molecule has 0 spiro atoms. The lowest BCUT2D eigenvalue weighted by molar-refractivity contribution is 0.438. The molecule has 0 saturated heterocycles. The topological polar surface area (TPSA) is 12.0 Å². The zero-order chi connectivity index (χ0) is 11.3. The van der Waals surface area contributed by atoms with Crippen LogP contribution in [0.4, 0.5) is 0 Å². The lowest BCUT2D eigenvalue weighted by Gasteiger charge is -2.16. The summed E-state index contributed by atoms with van der Waals surface area (Å²) < 4.78 is 0.900. The van der Waals surface area contributed by atoms with Gasteiger partial charge in [0.2, 0.25) is 0 Å². The average molecular weight is 246 g/mol. The molecular weight excluding hydrogens is 226 g/mol. The molecular formula is C12H20ClNS. The van der Waals surface area contributed by atoms with Crippen LogP contribution in [0.3, 0.4) is 0 Å². The van der Waals surface area contributed by atoms with Crippen LogP contribution in [0.15, 0.2) is 12.1 Å². The number of nitrogens with one attached hydrogen (secondary N) is 1. The Morgan fingerprint density at radius 1 is 1.40 bits per heavy atom. The number of hydrogen-bond donors (Lipinski definition) is 1. The van der Waals surface area contributed by atoms with Crippen molar-refractivity contribution >= 4 is 22.9 Å². The van der Waals surface area contributed by atoms with Crippen LogP contribution in [0.2, 0.25) is 4.34 Å². The van der Waals surface area contributed by atoms with Crippen LogP contribution in [0, 0.1) is 5.92 Å². The summed E-state index contributed by atoms with van der Waals surface area (Å²) in [6.45, 7) is 7.73. The summed E-state index contributed by atoms with van der Waals surface area (Å²) in [7, 11) is 0. The molecule has 0 amide bonds. The van der Waals surface area contributed by atoms with Crippen molar-refractivity contribution in [2.45, 2.75) is 39.7 Å². The summed E-state index contributed by atoms with van der Waals surface area (Å²) in [4.78, 5) is 1.40. The van der Waals surface area contributed by atoms with E-state index in [0.717, 1.165) is 23.2 Å². The molecule has 1 aromatic rings. The fourth-order valence-corrected chi connectivity index (χ4v) is 2.71. The SMILES string of the molecule is CCC(CNC(C)C)Cc1ccc(Cl)s1. The van der Waals surface area contributed by atoms with Crippen LogP contribution >= 0.6 is 22.9 Å². The summed E-state index contributed by atoms with van der Waals surface area (Å²) in [5.74, 6) is 0.724. The maximum Gasteiger partial charge on any atom is 0.0931 e. The van der Waals surface area contributed by atoms with E-state index in [1.165, 1.54) is 11.3 Å². The molecule has 1 rings (SSSR count). The fourth-order valence-electron chi connectivity index (χ4n) is 1.51. The molecule has 86 valence electrons. The minimum Gasteiger partial charge on any atom is -0.314 e. The molecule has 0 aliphatic heterocycles. The third kappa shape index (κ3) is 5.01. The molecule has 0 aliphatic carbocycles. The summed E-state index contributed by atoms with van der Waals surface area (Å²) in [6.07, 6.45) is 2.36. The van der Waals surface area contributed by atoms with E-state index in [-0.39, 0.29) is 0 Å². The van der Waals surface area contributed by atoms with E-state index in [1.54, 1.807) is 11.3 Å². The highest BCUT2D eigenvalue weighted by Crippen LogP contribution is 2.24. The predicted molar refractivity (Wildman–Crippen MR) is 70.0 cm³/mol. The van der Waals surface area contributed by atoms with Crippen LogP contribution in [0.5, 0.6) is 0 Å². The minimum absolute atomic E-state index is 0.575. The molecule has 1 nitrogen and oxygen atoms in total. The van der Waals surface area contributed by atoms with Crippen LogP contribution in [0.25, 0.3) is 0 Å². The summed E-state index contributed by atoms with van der Waals surface area (Å²) in [5.41, 5.74) is 0. The second-order valence-corrected chi connectivity index (χ2v) is 6.05. The number of hydrogen-bond acceptors (Lipinski definition) is 2. The van der Waals surface area contributed by atoms with Crippen LogP contribution in [0.1, 0.15) is 32.1 Å². The standard InChI is InChI=1S/C12H20ClNS/c1-4-10(8-14-9(2)3)7-11-5-6-12(13)15-11/h5-6,9-10,14H,4,7-8H2,1-3H3. The van der Waals surface area contributed by atoms with E-state index in [0.29, 0.717) is 6.04 Å². The maximum atomic E-state index is 5.92. The van der Waals surface area contributed by atoms with Crippen molar-refractivity contribution in [3.05, 3.63) is 21.3 Å². The zero-order valence-electron chi connectivity index (χ0n) is 9.72. The number of rotatable bonds is 6. The zero-order valence-corrected chi connectivity index (χ0v) is 11.3. The lowest BCUT2D eigenvalue weighted by atomic mass is 10.0. The first kappa shape index (κ1) is 13.0. The van der Waals surface area contributed by atoms with Gasteiger partial charge < -0.3 is 5.32 Å². The van der Waals surface area contributed by atoms with Crippen molar-refractivity contribution in [2.75, 3.05) is 6.54 Å². The van der Waals surface area contributed by atoms with Crippen molar-refractivity contribution in [1.82, 2.24) is 5.32 Å². The first-order valence-corrected chi connectivity index (χ1v) is 6.78. The molecule has 1 atom stereocenters. The molecule has 1 aromatic heterocycles. The average Bonchev–Trinajstić information content (AvgIpc) is 2.58. The van der Waals surface area contributed by atoms with Crippen LogP contribution in [-0.4, -0.2) is 12.6 Å². The Labute approximate surface area is 102 Å². The van der Waals surface area contributed by atoms with Gasteiger partial charge in [-0.05, 0) is 31.0 Å². The molecule has 0 saturated carbocycles. The summed E-state index contributed by atoms with van der Waals surface area (Å²) in [5, 5.41) is 3.50. The lowest BCUT2D eigenvalue weighted by Crippen LogP contribution is -2.29. The van der Waals surface area contributed by atoms with Gasteiger partial charge >= 0.3 is 0 Å².